The van der Waals surface area contributed by atoms with Crippen LogP contribution in [0.4, 0.5) is 0 Å². The van der Waals surface area contributed by atoms with Gasteiger partial charge < -0.3 is 9.64 Å². The van der Waals surface area contributed by atoms with Gasteiger partial charge in [0.2, 0.25) is 5.91 Å². The maximum atomic E-state index is 12.9. The number of hydrogen-bond donors (Lipinski definition) is 0. The smallest absolute Gasteiger partial charge is 0.233 e. The van der Waals surface area contributed by atoms with Crippen molar-refractivity contribution in [3.8, 4) is 5.75 Å². The topological polar surface area (TPSA) is 29.5 Å². The highest BCUT2D eigenvalue weighted by atomic mass is 16.5. The molecule has 0 saturated carbocycles. The van der Waals surface area contributed by atoms with Crippen LogP contribution in [0.5, 0.6) is 5.75 Å². The number of nitrogens with zero attached hydrogens (tertiary/aromatic N) is 1. The molecule has 0 radical (unpaired) electrons. The first-order valence-corrected chi connectivity index (χ1v) is 7.60. The van der Waals surface area contributed by atoms with Crippen LogP contribution in [0, 0.1) is 0 Å². The molecule has 1 atom stereocenters. The number of likely N-dealkylation sites (tertiary alicyclic amines) is 1. The van der Waals surface area contributed by atoms with E-state index in [2.05, 4.69) is 12.1 Å². The van der Waals surface area contributed by atoms with Crippen LogP contribution < -0.4 is 4.74 Å². The minimum Gasteiger partial charge on any atom is -0.497 e. The predicted octanol–water partition coefficient (Wildman–Crippen LogP) is 3.04. The van der Waals surface area contributed by atoms with Crippen LogP contribution in [0.2, 0.25) is 0 Å². The van der Waals surface area contributed by atoms with Gasteiger partial charge in [-0.1, -0.05) is 42.5 Å². The van der Waals surface area contributed by atoms with Gasteiger partial charge >= 0.3 is 0 Å². The van der Waals surface area contributed by atoms with Crippen LogP contribution in [-0.4, -0.2) is 31.5 Å². The lowest BCUT2D eigenvalue weighted by molar-refractivity contribution is -0.131. The second-order valence-electron chi connectivity index (χ2n) is 5.95. The second-order valence-corrected chi connectivity index (χ2v) is 5.95. The summed E-state index contributed by atoms with van der Waals surface area (Å²) in [4.78, 5) is 14.8. The molecule has 2 aromatic carbocycles. The first kappa shape index (κ1) is 14.6. The fraction of sp³-hybridized carbons (Fsp3) is 0.316. The summed E-state index contributed by atoms with van der Waals surface area (Å²) in [5.74, 6) is 0.997. The molecule has 1 aliphatic rings. The number of benzene rings is 2. The van der Waals surface area contributed by atoms with Crippen LogP contribution in [0.1, 0.15) is 17.5 Å². The van der Waals surface area contributed by atoms with E-state index in [9.17, 15) is 4.79 Å². The monoisotopic (exact) mass is 295 g/mol. The Kier molecular flexibility index (Phi) is 3.88. The molecule has 0 spiro atoms. The number of rotatable bonds is 4. The van der Waals surface area contributed by atoms with Crippen molar-refractivity contribution in [1.29, 1.82) is 0 Å². The Labute approximate surface area is 131 Å². The standard InChI is InChI=1S/C19H21NO2/c1-20-12-11-19(18(20)21,14-15-7-4-3-5-8-15)16-9-6-10-17(13-16)22-2/h3-10,13H,11-12,14H2,1-2H3. The number of carbonyl (C=O) groups excluding carboxylic acids is 1. The highest BCUT2D eigenvalue weighted by Crippen LogP contribution is 2.39. The lowest BCUT2D eigenvalue weighted by Crippen LogP contribution is -2.38. The van der Waals surface area contributed by atoms with Gasteiger partial charge in [0.1, 0.15) is 5.75 Å². The van der Waals surface area contributed by atoms with Gasteiger partial charge in [0.05, 0.1) is 12.5 Å². The molecule has 1 heterocycles. The molecule has 1 aliphatic heterocycles. The third-order valence-electron chi connectivity index (χ3n) is 4.60. The fourth-order valence-corrected chi connectivity index (χ4v) is 3.33. The molecule has 0 N–H and O–H groups in total. The van der Waals surface area contributed by atoms with E-state index in [4.69, 9.17) is 4.74 Å². The molecule has 1 fully saturated rings. The molecule has 0 aliphatic carbocycles. The second kappa shape index (κ2) is 5.84. The predicted molar refractivity (Wildman–Crippen MR) is 87.1 cm³/mol. The van der Waals surface area contributed by atoms with Crippen molar-refractivity contribution in [2.75, 3.05) is 20.7 Å². The Morgan fingerprint density at radius 2 is 1.91 bits per heavy atom. The van der Waals surface area contributed by atoms with Gasteiger partial charge in [-0.05, 0) is 36.1 Å². The van der Waals surface area contributed by atoms with E-state index in [1.54, 1.807) is 7.11 Å². The molecule has 1 amide bonds. The molecule has 0 bridgehead atoms. The number of hydrogen-bond acceptors (Lipinski definition) is 2. The quantitative estimate of drug-likeness (QED) is 0.867. The van der Waals surface area contributed by atoms with Crippen LogP contribution in [0.25, 0.3) is 0 Å². The number of amides is 1. The molecular formula is C19H21NO2. The fourth-order valence-electron chi connectivity index (χ4n) is 3.33. The van der Waals surface area contributed by atoms with Crippen molar-refractivity contribution in [3.63, 3.8) is 0 Å². The Hall–Kier alpha value is -2.29. The van der Waals surface area contributed by atoms with Crippen LogP contribution >= 0.6 is 0 Å². The molecular weight excluding hydrogens is 274 g/mol. The van der Waals surface area contributed by atoms with Gasteiger partial charge in [-0.25, -0.2) is 0 Å². The van der Waals surface area contributed by atoms with E-state index >= 15 is 0 Å². The van der Waals surface area contributed by atoms with Crippen LogP contribution in [0.3, 0.4) is 0 Å². The molecule has 3 nitrogen and oxygen atoms in total. The van der Waals surface area contributed by atoms with Crippen LogP contribution in [0.15, 0.2) is 54.6 Å². The van der Waals surface area contributed by atoms with Gasteiger partial charge in [-0.3, -0.25) is 4.79 Å². The highest BCUT2D eigenvalue weighted by molar-refractivity contribution is 5.90. The van der Waals surface area contributed by atoms with Crippen molar-refractivity contribution in [2.24, 2.45) is 0 Å². The van der Waals surface area contributed by atoms with E-state index in [0.717, 1.165) is 30.7 Å². The third kappa shape index (κ3) is 2.47. The van der Waals surface area contributed by atoms with Gasteiger partial charge in [-0.2, -0.15) is 0 Å². The van der Waals surface area contributed by atoms with Crippen molar-refractivity contribution < 1.29 is 9.53 Å². The van der Waals surface area contributed by atoms with Crippen molar-refractivity contribution in [2.45, 2.75) is 18.3 Å². The average Bonchev–Trinajstić information content (AvgIpc) is 2.85. The third-order valence-corrected chi connectivity index (χ3v) is 4.60. The first-order valence-electron chi connectivity index (χ1n) is 7.60. The Morgan fingerprint density at radius 3 is 2.55 bits per heavy atom. The number of carbonyl (C=O) groups is 1. The maximum absolute atomic E-state index is 12.9. The Balaban J connectivity index is 2.05. The summed E-state index contributed by atoms with van der Waals surface area (Å²) in [6.45, 7) is 0.795. The molecule has 2 aromatic rings. The largest absolute Gasteiger partial charge is 0.497 e. The summed E-state index contributed by atoms with van der Waals surface area (Å²) in [6.07, 6.45) is 1.56. The van der Waals surface area contributed by atoms with E-state index in [0.29, 0.717) is 0 Å². The molecule has 3 rings (SSSR count). The molecule has 3 heteroatoms. The molecule has 114 valence electrons. The van der Waals surface area contributed by atoms with E-state index in [-0.39, 0.29) is 5.91 Å². The molecule has 1 unspecified atom stereocenters. The summed E-state index contributed by atoms with van der Waals surface area (Å²) in [5, 5.41) is 0. The average molecular weight is 295 g/mol. The Bertz CT molecular complexity index is 668. The van der Waals surface area contributed by atoms with Crippen molar-refractivity contribution >= 4 is 5.91 Å². The minimum absolute atomic E-state index is 0.199. The van der Waals surface area contributed by atoms with E-state index in [1.807, 2.05) is 54.4 Å². The summed E-state index contributed by atoms with van der Waals surface area (Å²) >= 11 is 0. The molecule has 0 aromatic heterocycles. The summed E-state index contributed by atoms with van der Waals surface area (Å²) in [6, 6.07) is 18.2. The molecule has 1 saturated heterocycles. The normalized spacial score (nSPS) is 21.2. The number of methoxy groups -OCH3 is 1. The molecule has 22 heavy (non-hydrogen) atoms. The SMILES string of the molecule is COc1cccc(C2(Cc3ccccc3)CCN(C)C2=O)c1. The van der Waals surface area contributed by atoms with Crippen molar-refractivity contribution in [1.82, 2.24) is 4.90 Å². The minimum atomic E-state index is -0.482. The van der Waals surface area contributed by atoms with Gasteiger partial charge in [0.15, 0.2) is 0 Å². The number of ether oxygens (including phenoxy) is 1. The van der Waals surface area contributed by atoms with E-state index in [1.165, 1.54) is 5.56 Å². The van der Waals surface area contributed by atoms with Gasteiger partial charge in [0.25, 0.3) is 0 Å². The summed E-state index contributed by atoms with van der Waals surface area (Å²) < 4.78 is 5.35. The number of likely N-dealkylation sites (N-methyl/N-ethyl adjacent to an activating group) is 1. The van der Waals surface area contributed by atoms with Crippen LogP contribution in [-0.2, 0) is 16.6 Å². The van der Waals surface area contributed by atoms with Crippen molar-refractivity contribution in [3.05, 3.63) is 65.7 Å². The lowest BCUT2D eigenvalue weighted by atomic mass is 9.74. The maximum Gasteiger partial charge on any atom is 0.233 e. The Morgan fingerprint density at radius 1 is 1.14 bits per heavy atom. The first-order chi connectivity index (χ1) is 10.7. The zero-order chi connectivity index (χ0) is 15.6. The van der Waals surface area contributed by atoms with E-state index < -0.39 is 5.41 Å². The van der Waals surface area contributed by atoms with Gasteiger partial charge in [0, 0.05) is 13.6 Å². The summed E-state index contributed by atoms with van der Waals surface area (Å²) in [5.41, 5.74) is 1.75. The zero-order valence-corrected chi connectivity index (χ0v) is 13.1. The lowest BCUT2D eigenvalue weighted by Gasteiger charge is -2.28. The summed E-state index contributed by atoms with van der Waals surface area (Å²) in [7, 11) is 3.54. The zero-order valence-electron chi connectivity index (χ0n) is 13.1. The van der Waals surface area contributed by atoms with Gasteiger partial charge in [-0.15, -0.1) is 0 Å². The highest BCUT2D eigenvalue weighted by Gasteiger charge is 2.46.